The Hall–Kier alpha value is -1.93. The minimum atomic E-state index is 0.206. The van der Waals surface area contributed by atoms with Crippen molar-refractivity contribution < 1.29 is 4.79 Å². The van der Waals surface area contributed by atoms with Gasteiger partial charge in [0.2, 0.25) is 0 Å². The van der Waals surface area contributed by atoms with Crippen molar-refractivity contribution in [2.45, 2.75) is 57.7 Å². The highest BCUT2D eigenvalue weighted by Crippen LogP contribution is 2.40. The highest BCUT2D eigenvalue weighted by molar-refractivity contribution is 5.98. The van der Waals surface area contributed by atoms with Crippen molar-refractivity contribution in [1.29, 1.82) is 0 Å². The van der Waals surface area contributed by atoms with Crippen LogP contribution in [0.5, 0.6) is 0 Å². The number of hydrogen-bond acceptors (Lipinski definition) is 2. The zero-order valence-electron chi connectivity index (χ0n) is 15.0. The van der Waals surface area contributed by atoms with Crippen molar-refractivity contribution in [2.75, 3.05) is 0 Å². The van der Waals surface area contributed by atoms with E-state index in [1.807, 2.05) is 12.1 Å². The van der Waals surface area contributed by atoms with Gasteiger partial charge in [-0.25, -0.2) is 0 Å². The van der Waals surface area contributed by atoms with E-state index in [4.69, 9.17) is 0 Å². The summed E-state index contributed by atoms with van der Waals surface area (Å²) < 4.78 is 0. The van der Waals surface area contributed by atoms with Crippen LogP contribution in [0.25, 0.3) is 0 Å². The molecule has 0 aliphatic carbocycles. The van der Waals surface area contributed by atoms with Gasteiger partial charge >= 0.3 is 0 Å². The van der Waals surface area contributed by atoms with Gasteiger partial charge in [-0.3, -0.25) is 9.69 Å². The van der Waals surface area contributed by atoms with Crippen LogP contribution in [0, 0.1) is 5.92 Å². The standard InChI is InChI=1S/C23H27NO/c1-2-17-8-10-19(11-9-17)23(25)20-14-21-12-13-22(15-20)24(21)16-18-6-4-3-5-7-18/h3-11,20-22H,2,12-16H2,1H3. The highest BCUT2D eigenvalue weighted by atomic mass is 16.1. The Labute approximate surface area is 150 Å². The van der Waals surface area contributed by atoms with E-state index < -0.39 is 0 Å². The number of aryl methyl sites for hydroxylation is 1. The van der Waals surface area contributed by atoms with E-state index in [9.17, 15) is 4.79 Å². The molecule has 0 saturated carbocycles. The second-order valence-electron chi connectivity index (χ2n) is 7.63. The summed E-state index contributed by atoms with van der Waals surface area (Å²) >= 11 is 0. The summed E-state index contributed by atoms with van der Waals surface area (Å²) in [6.07, 6.45) is 5.57. The minimum Gasteiger partial charge on any atom is -0.294 e. The summed E-state index contributed by atoms with van der Waals surface area (Å²) in [6, 6.07) is 20.1. The molecule has 2 aliphatic heterocycles. The van der Waals surface area contributed by atoms with Crippen LogP contribution >= 0.6 is 0 Å². The van der Waals surface area contributed by atoms with Crippen molar-refractivity contribution in [3.63, 3.8) is 0 Å². The molecule has 2 heterocycles. The predicted octanol–water partition coefficient (Wildman–Crippen LogP) is 4.87. The third kappa shape index (κ3) is 3.41. The predicted molar refractivity (Wildman–Crippen MR) is 102 cm³/mol. The molecule has 0 aromatic heterocycles. The molecule has 2 aromatic carbocycles. The number of piperidine rings is 1. The Morgan fingerprint density at radius 1 is 0.920 bits per heavy atom. The number of benzene rings is 2. The van der Waals surface area contributed by atoms with Gasteiger partial charge in [0.05, 0.1) is 0 Å². The highest BCUT2D eigenvalue weighted by Gasteiger charge is 2.42. The first-order valence-electron chi connectivity index (χ1n) is 9.67. The Bertz CT molecular complexity index is 708. The lowest BCUT2D eigenvalue weighted by molar-refractivity contribution is 0.0678. The second-order valence-corrected chi connectivity index (χ2v) is 7.63. The first-order valence-corrected chi connectivity index (χ1v) is 9.67. The summed E-state index contributed by atoms with van der Waals surface area (Å²) in [7, 11) is 0. The van der Waals surface area contributed by atoms with E-state index in [0.29, 0.717) is 17.9 Å². The molecule has 2 bridgehead atoms. The van der Waals surface area contributed by atoms with Crippen molar-refractivity contribution in [3.8, 4) is 0 Å². The molecule has 4 rings (SSSR count). The fraction of sp³-hybridized carbons (Fsp3) is 0.435. The number of Topliss-reactive ketones (excluding diaryl/α,β-unsaturated/α-hetero) is 1. The van der Waals surface area contributed by atoms with E-state index in [-0.39, 0.29) is 5.92 Å². The van der Waals surface area contributed by atoms with Gasteiger partial charge < -0.3 is 0 Å². The van der Waals surface area contributed by atoms with Crippen LogP contribution in [0.15, 0.2) is 54.6 Å². The fourth-order valence-electron chi connectivity index (χ4n) is 4.68. The first-order chi connectivity index (χ1) is 12.2. The zero-order valence-corrected chi connectivity index (χ0v) is 15.0. The van der Waals surface area contributed by atoms with Crippen molar-refractivity contribution in [3.05, 3.63) is 71.3 Å². The van der Waals surface area contributed by atoms with Gasteiger partial charge in [0.1, 0.15) is 0 Å². The van der Waals surface area contributed by atoms with Crippen LogP contribution < -0.4 is 0 Å². The molecular weight excluding hydrogens is 306 g/mol. The molecule has 2 aliphatic rings. The van der Waals surface area contributed by atoms with Crippen LogP contribution in [0.2, 0.25) is 0 Å². The van der Waals surface area contributed by atoms with Crippen LogP contribution in [0.3, 0.4) is 0 Å². The maximum atomic E-state index is 13.0. The normalized spacial score (nSPS) is 25.9. The molecule has 2 unspecified atom stereocenters. The fourth-order valence-corrected chi connectivity index (χ4v) is 4.68. The Kier molecular flexibility index (Phi) is 4.72. The lowest BCUT2D eigenvalue weighted by Crippen LogP contribution is -2.44. The Morgan fingerprint density at radius 2 is 1.56 bits per heavy atom. The molecule has 2 fully saturated rings. The maximum absolute atomic E-state index is 13.0. The molecule has 0 radical (unpaired) electrons. The Balaban J connectivity index is 1.44. The van der Waals surface area contributed by atoms with Gasteiger partial charge in [0.25, 0.3) is 0 Å². The monoisotopic (exact) mass is 333 g/mol. The lowest BCUT2D eigenvalue weighted by Gasteiger charge is -2.38. The van der Waals surface area contributed by atoms with Gasteiger partial charge in [-0.15, -0.1) is 0 Å². The van der Waals surface area contributed by atoms with E-state index in [2.05, 4.69) is 54.3 Å². The molecule has 2 heteroatoms. The van der Waals surface area contributed by atoms with Crippen LogP contribution in [-0.4, -0.2) is 22.8 Å². The number of hydrogen-bond donors (Lipinski definition) is 0. The van der Waals surface area contributed by atoms with Gasteiger partial charge in [-0.1, -0.05) is 61.5 Å². The summed E-state index contributed by atoms with van der Waals surface area (Å²) in [5.74, 6) is 0.566. The van der Waals surface area contributed by atoms with Crippen LogP contribution in [0.4, 0.5) is 0 Å². The molecular formula is C23H27NO. The number of carbonyl (C=O) groups is 1. The molecule has 2 aromatic rings. The number of ketones is 1. The average molecular weight is 333 g/mol. The minimum absolute atomic E-state index is 0.206. The van der Waals surface area contributed by atoms with Gasteiger partial charge in [-0.05, 0) is 43.2 Å². The maximum Gasteiger partial charge on any atom is 0.166 e. The molecule has 0 amide bonds. The number of fused-ring (bicyclic) bond motifs is 2. The number of nitrogens with zero attached hydrogens (tertiary/aromatic N) is 1. The second kappa shape index (κ2) is 7.13. The van der Waals surface area contributed by atoms with E-state index in [0.717, 1.165) is 31.4 Å². The largest absolute Gasteiger partial charge is 0.294 e. The van der Waals surface area contributed by atoms with Crippen molar-refractivity contribution in [2.24, 2.45) is 5.92 Å². The molecule has 0 N–H and O–H groups in total. The molecule has 2 nitrogen and oxygen atoms in total. The molecule has 25 heavy (non-hydrogen) atoms. The smallest absolute Gasteiger partial charge is 0.166 e. The first kappa shape index (κ1) is 16.5. The molecule has 0 spiro atoms. The van der Waals surface area contributed by atoms with Gasteiger partial charge in [0.15, 0.2) is 5.78 Å². The Morgan fingerprint density at radius 3 is 2.16 bits per heavy atom. The summed E-state index contributed by atoms with van der Waals surface area (Å²) in [5.41, 5.74) is 3.59. The van der Waals surface area contributed by atoms with Gasteiger partial charge in [0, 0.05) is 30.1 Å². The average Bonchev–Trinajstić information content (AvgIpc) is 2.90. The molecule has 2 atom stereocenters. The third-order valence-corrected chi connectivity index (χ3v) is 6.11. The van der Waals surface area contributed by atoms with E-state index in [1.165, 1.54) is 24.0 Å². The van der Waals surface area contributed by atoms with E-state index >= 15 is 0 Å². The summed E-state index contributed by atoms with van der Waals surface area (Å²) in [5, 5.41) is 0. The van der Waals surface area contributed by atoms with E-state index in [1.54, 1.807) is 0 Å². The SMILES string of the molecule is CCc1ccc(C(=O)C2CC3CCC(C2)N3Cc2ccccc2)cc1. The number of carbonyl (C=O) groups excluding carboxylic acids is 1. The lowest BCUT2D eigenvalue weighted by atomic mass is 9.84. The molecule has 2 saturated heterocycles. The number of rotatable bonds is 5. The quantitative estimate of drug-likeness (QED) is 0.727. The zero-order chi connectivity index (χ0) is 17.2. The van der Waals surface area contributed by atoms with Crippen LogP contribution in [0.1, 0.15) is 54.1 Å². The summed E-state index contributed by atoms with van der Waals surface area (Å²) in [4.78, 5) is 15.6. The van der Waals surface area contributed by atoms with Crippen molar-refractivity contribution >= 4 is 5.78 Å². The van der Waals surface area contributed by atoms with Gasteiger partial charge in [-0.2, -0.15) is 0 Å². The van der Waals surface area contributed by atoms with Crippen LogP contribution in [-0.2, 0) is 13.0 Å². The topological polar surface area (TPSA) is 20.3 Å². The van der Waals surface area contributed by atoms with Crippen molar-refractivity contribution in [1.82, 2.24) is 4.90 Å². The summed E-state index contributed by atoms with van der Waals surface area (Å²) in [6.45, 7) is 3.18. The molecule has 130 valence electrons. The third-order valence-electron chi connectivity index (χ3n) is 6.11.